The molecule has 5 aromatic rings. The van der Waals surface area contributed by atoms with E-state index in [-0.39, 0.29) is 5.92 Å². The largest absolute Gasteiger partial charge is 0.438 e. The molecule has 0 spiro atoms. The number of halogens is 1. The molecule has 29 heavy (non-hydrogen) atoms. The van der Waals surface area contributed by atoms with Gasteiger partial charge in [-0.25, -0.2) is 9.50 Å². The van der Waals surface area contributed by atoms with Crippen LogP contribution in [0.2, 0.25) is 5.02 Å². The Bertz CT molecular complexity index is 1470. The zero-order valence-corrected chi connectivity index (χ0v) is 16.5. The number of benzene rings is 3. The molecule has 1 atom stereocenters. The average Bonchev–Trinajstić information content (AvgIpc) is 3.13. The summed E-state index contributed by atoms with van der Waals surface area (Å²) in [4.78, 5) is 9.09. The fraction of sp³-hybridized carbons (Fsp3) is 0.0455. The molecular weight excluding hydrogens is 404 g/mol. The lowest BCUT2D eigenvalue weighted by molar-refractivity contribution is 0.437. The van der Waals surface area contributed by atoms with Crippen LogP contribution in [0, 0.1) is 4.77 Å². The maximum absolute atomic E-state index is 6.35. The summed E-state index contributed by atoms with van der Waals surface area (Å²) >= 11 is 11.4. The Balaban J connectivity index is 1.72. The van der Waals surface area contributed by atoms with Crippen LogP contribution in [0.4, 0.5) is 0 Å². The van der Waals surface area contributed by atoms with Gasteiger partial charge in [-0.15, -0.1) is 0 Å². The predicted octanol–water partition coefficient (Wildman–Crippen LogP) is 5.88. The van der Waals surface area contributed by atoms with Crippen molar-refractivity contribution in [2.75, 3.05) is 0 Å². The highest BCUT2D eigenvalue weighted by atomic mass is 35.5. The number of hydrogen-bond donors (Lipinski definition) is 1. The summed E-state index contributed by atoms with van der Waals surface area (Å²) in [6.07, 6.45) is 1.64. The van der Waals surface area contributed by atoms with Crippen LogP contribution < -0.4 is 4.74 Å². The van der Waals surface area contributed by atoms with E-state index in [2.05, 4.69) is 39.3 Å². The van der Waals surface area contributed by atoms with E-state index in [1.165, 1.54) is 0 Å². The van der Waals surface area contributed by atoms with E-state index in [0.717, 1.165) is 33.2 Å². The number of nitrogens with one attached hydrogen (secondary N) is 1. The molecule has 6 rings (SSSR count). The van der Waals surface area contributed by atoms with Crippen LogP contribution in [0.5, 0.6) is 11.6 Å². The Hall–Kier alpha value is -3.22. The van der Waals surface area contributed by atoms with Crippen molar-refractivity contribution in [2.24, 2.45) is 0 Å². The number of hydrogen-bond acceptors (Lipinski definition) is 4. The summed E-state index contributed by atoms with van der Waals surface area (Å²) in [6.45, 7) is 0. The van der Waals surface area contributed by atoms with Crippen molar-refractivity contribution in [3.05, 3.63) is 93.5 Å². The number of aromatic amines is 1. The fourth-order valence-corrected chi connectivity index (χ4v) is 4.38. The van der Waals surface area contributed by atoms with Gasteiger partial charge in [0.2, 0.25) is 10.7 Å². The first-order valence-corrected chi connectivity index (χ1v) is 9.90. The van der Waals surface area contributed by atoms with Crippen LogP contribution in [0.15, 0.2) is 67.0 Å². The number of nitrogens with zero attached hydrogens (tertiary/aromatic N) is 3. The van der Waals surface area contributed by atoms with Gasteiger partial charge in [-0.1, -0.05) is 60.1 Å². The first-order valence-electron chi connectivity index (χ1n) is 9.11. The van der Waals surface area contributed by atoms with E-state index < -0.39 is 0 Å². The predicted molar refractivity (Wildman–Crippen MR) is 115 cm³/mol. The number of rotatable bonds is 1. The summed E-state index contributed by atoms with van der Waals surface area (Å²) in [6, 6.07) is 20.3. The average molecular weight is 417 g/mol. The van der Waals surface area contributed by atoms with Crippen LogP contribution in [0.3, 0.4) is 0 Å². The molecule has 0 saturated heterocycles. The lowest BCUT2D eigenvalue weighted by atomic mass is 9.83. The van der Waals surface area contributed by atoms with E-state index in [1.54, 1.807) is 10.8 Å². The minimum Gasteiger partial charge on any atom is -0.438 e. The third-order valence-electron chi connectivity index (χ3n) is 5.33. The molecule has 1 N–H and O–H groups in total. The van der Waals surface area contributed by atoms with E-state index in [4.69, 9.17) is 28.6 Å². The lowest BCUT2D eigenvalue weighted by Crippen LogP contribution is -2.15. The van der Waals surface area contributed by atoms with Crippen LogP contribution in [-0.2, 0) is 0 Å². The first-order chi connectivity index (χ1) is 14.2. The molecule has 0 amide bonds. The second kappa shape index (κ2) is 6.14. The molecule has 3 heterocycles. The Morgan fingerprint density at radius 1 is 1.03 bits per heavy atom. The second-order valence-electron chi connectivity index (χ2n) is 6.98. The summed E-state index contributed by atoms with van der Waals surface area (Å²) in [5.41, 5.74) is 3.73. The van der Waals surface area contributed by atoms with Gasteiger partial charge in [0.25, 0.3) is 0 Å². The van der Waals surface area contributed by atoms with E-state index >= 15 is 0 Å². The maximum atomic E-state index is 6.35. The summed E-state index contributed by atoms with van der Waals surface area (Å²) in [5, 5.41) is 5.89. The quantitative estimate of drug-likeness (QED) is 0.340. The van der Waals surface area contributed by atoms with Crippen LogP contribution in [0.1, 0.15) is 22.6 Å². The van der Waals surface area contributed by atoms with Gasteiger partial charge in [-0.2, -0.15) is 4.98 Å². The van der Waals surface area contributed by atoms with Gasteiger partial charge in [0.15, 0.2) is 5.65 Å². The molecule has 0 saturated carbocycles. The first kappa shape index (κ1) is 16.7. The molecule has 0 radical (unpaired) electrons. The second-order valence-corrected chi connectivity index (χ2v) is 7.80. The van der Waals surface area contributed by atoms with Crippen molar-refractivity contribution in [1.82, 2.24) is 19.6 Å². The van der Waals surface area contributed by atoms with Crippen LogP contribution >= 0.6 is 23.8 Å². The van der Waals surface area contributed by atoms with Crippen molar-refractivity contribution in [1.29, 1.82) is 0 Å². The molecule has 0 aliphatic carbocycles. The molecular formula is C22H13ClN4OS. The maximum Gasteiger partial charge on any atom is 0.228 e. The molecule has 5 nitrogen and oxygen atoms in total. The van der Waals surface area contributed by atoms with Gasteiger partial charge < -0.3 is 4.74 Å². The molecule has 0 fully saturated rings. The minimum atomic E-state index is -0.114. The molecule has 140 valence electrons. The van der Waals surface area contributed by atoms with Crippen molar-refractivity contribution in [3.8, 4) is 11.6 Å². The SMILES string of the molecule is S=c1nc2c3c(ncn2[nH]1)Oc1c(ccc2ccccc12)C3c1ccc(Cl)cc1. The van der Waals surface area contributed by atoms with Crippen molar-refractivity contribution in [3.63, 3.8) is 0 Å². The Labute approximate surface area is 175 Å². The molecule has 1 unspecified atom stereocenters. The molecule has 3 aromatic carbocycles. The monoisotopic (exact) mass is 416 g/mol. The molecule has 0 bridgehead atoms. The summed E-state index contributed by atoms with van der Waals surface area (Å²) < 4.78 is 8.48. The highest BCUT2D eigenvalue weighted by Gasteiger charge is 2.33. The molecule has 1 aliphatic rings. The van der Waals surface area contributed by atoms with E-state index in [0.29, 0.717) is 21.3 Å². The molecule has 1 aliphatic heterocycles. The van der Waals surface area contributed by atoms with Gasteiger partial charge >= 0.3 is 0 Å². The van der Waals surface area contributed by atoms with Crippen molar-refractivity contribution < 1.29 is 4.74 Å². The van der Waals surface area contributed by atoms with E-state index in [1.807, 2.05) is 36.4 Å². The normalized spacial score (nSPS) is 15.1. The Kier molecular flexibility index (Phi) is 3.54. The lowest BCUT2D eigenvalue weighted by Gasteiger charge is -2.28. The molecule has 7 heteroatoms. The van der Waals surface area contributed by atoms with Crippen LogP contribution in [0.25, 0.3) is 16.4 Å². The number of fused-ring (bicyclic) bond motifs is 6. The number of aromatic nitrogens is 4. The minimum absolute atomic E-state index is 0.114. The smallest absolute Gasteiger partial charge is 0.228 e. The van der Waals surface area contributed by atoms with Crippen molar-refractivity contribution >= 4 is 40.2 Å². The van der Waals surface area contributed by atoms with Crippen molar-refractivity contribution in [2.45, 2.75) is 5.92 Å². The summed E-state index contributed by atoms with van der Waals surface area (Å²) in [7, 11) is 0. The van der Waals surface area contributed by atoms with E-state index in [9.17, 15) is 0 Å². The number of ether oxygens (including phenoxy) is 1. The van der Waals surface area contributed by atoms with Gasteiger partial charge in [0.05, 0.1) is 5.56 Å². The Morgan fingerprint density at radius 2 is 1.86 bits per heavy atom. The van der Waals surface area contributed by atoms with Gasteiger partial charge in [-0.05, 0) is 35.3 Å². The Morgan fingerprint density at radius 3 is 2.72 bits per heavy atom. The molecule has 2 aromatic heterocycles. The number of H-pyrrole nitrogens is 1. The summed E-state index contributed by atoms with van der Waals surface area (Å²) in [5.74, 6) is 1.24. The highest BCUT2D eigenvalue weighted by molar-refractivity contribution is 7.71. The third kappa shape index (κ3) is 2.50. The van der Waals surface area contributed by atoms with Gasteiger partial charge in [0, 0.05) is 21.9 Å². The third-order valence-corrected chi connectivity index (χ3v) is 5.76. The zero-order valence-electron chi connectivity index (χ0n) is 15.0. The fourth-order valence-electron chi connectivity index (χ4n) is 4.07. The standard InChI is InChI=1S/C22H13ClN4OS/c23-14-8-5-13(6-9-14)17-16-10-7-12-3-1-2-4-15(12)19(16)28-21-18(17)20-25-22(29)26-27(20)11-24-21/h1-11,17H,(H,26,29). The van der Waals surface area contributed by atoms with Gasteiger partial charge in [0.1, 0.15) is 12.1 Å². The highest BCUT2D eigenvalue weighted by Crippen LogP contribution is 2.50. The topological polar surface area (TPSA) is 55.2 Å². The zero-order chi connectivity index (χ0) is 19.5. The van der Waals surface area contributed by atoms with Gasteiger partial charge in [-0.3, -0.25) is 5.10 Å². The van der Waals surface area contributed by atoms with Crippen LogP contribution in [-0.4, -0.2) is 19.6 Å².